The second-order valence-electron chi connectivity index (χ2n) is 6.24. The second kappa shape index (κ2) is 8.54. The van der Waals surface area contributed by atoms with Crippen LogP contribution < -0.4 is 0 Å². The highest BCUT2D eigenvalue weighted by molar-refractivity contribution is 5.90. The number of rotatable bonds is 7. The lowest BCUT2D eigenvalue weighted by atomic mass is 10.1. The van der Waals surface area contributed by atoms with Crippen molar-refractivity contribution >= 4 is 5.97 Å². The maximum absolute atomic E-state index is 13.0. The number of halogens is 3. The number of aryl methyl sites for hydroxylation is 3. The van der Waals surface area contributed by atoms with E-state index >= 15 is 0 Å². The Morgan fingerprint density at radius 1 is 1.19 bits per heavy atom. The van der Waals surface area contributed by atoms with Gasteiger partial charge in [0.1, 0.15) is 11.6 Å². The third-order valence-corrected chi connectivity index (χ3v) is 4.04. The summed E-state index contributed by atoms with van der Waals surface area (Å²) in [6.07, 6.45) is -1.02. The van der Waals surface area contributed by atoms with Crippen molar-refractivity contribution in [2.75, 3.05) is 6.61 Å². The van der Waals surface area contributed by atoms with Crippen molar-refractivity contribution in [1.29, 1.82) is 0 Å². The maximum atomic E-state index is 13.0. The summed E-state index contributed by atoms with van der Waals surface area (Å²) >= 11 is 0. The first-order valence-electron chi connectivity index (χ1n) is 9.06. The number of carbonyl (C=O) groups is 1. The van der Waals surface area contributed by atoms with Crippen LogP contribution >= 0.6 is 0 Å². The van der Waals surface area contributed by atoms with Crippen molar-refractivity contribution in [2.24, 2.45) is 0 Å². The van der Waals surface area contributed by atoms with Gasteiger partial charge in [-0.15, -0.1) is 0 Å². The number of ether oxygens (including phenoxy) is 1. The number of pyridine rings is 1. The molecule has 148 valence electrons. The molecule has 0 unspecified atom stereocenters. The lowest BCUT2D eigenvalue weighted by molar-refractivity contribution is -0.137. The van der Waals surface area contributed by atoms with Crippen molar-refractivity contribution in [2.45, 2.75) is 59.6 Å². The highest BCUT2D eigenvalue weighted by Crippen LogP contribution is 2.31. The zero-order valence-electron chi connectivity index (χ0n) is 16.0. The fraction of sp³-hybridized carbons (Fsp3) is 0.526. The molecule has 2 aromatic heterocycles. The van der Waals surface area contributed by atoms with Gasteiger partial charge in [-0.2, -0.15) is 13.2 Å². The van der Waals surface area contributed by atoms with E-state index in [-0.39, 0.29) is 18.1 Å². The molecule has 0 bridgehead atoms. The minimum atomic E-state index is -4.48. The first kappa shape index (κ1) is 20.9. The quantitative estimate of drug-likeness (QED) is 0.652. The molecule has 0 aromatic carbocycles. The minimum Gasteiger partial charge on any atom is -0.461 e. The summed E-state index contributed by atoms with van der Waals surface area (Å²) in [4.78, 5) is 21.2. The Kier molecular flexibility index (Phi) is 6.62. The third kappa shape index (κ3) is 4.48. The smallest absolute Gasteiger partial charge is 0.417 e. The average molecular weight is 383 g/mol. The number of aromatic nitrogens is 3. The molecule has 0 spiro atoms. The Labute approximate surface area is 156 Å². The largest absolute Gasteiger partial charge is 0.461 e. The number of imidazole rings is 1. The summed E-state index contributed by atoms with van der Waals surface area (Å²) in [5.41, 5.74) is 0.318. The molecule has 5 nitrogen and oxygen atoms in total. The molecule has 0 fully saturated rings. The molecule has 27 heavy (non-hydrogen) atoms. The van der Waals surface area contributed by atoms with Crippen molar-refractivity contribution < 1.29 is 22.7 Å². The summed E-state index contributed by atoms with van der Waals surface area (Å²) in [6, 6.07) is 1.03. The van der Waals surface area contributed by atoms with Gasteiger partial charge in [-0.05, 0) is 38.3 Å². The average Bonchev–Trinajstić information content (AvgIpc) is 2.93. The van der Waals surface area contributed by atoms with Crippen LogP contribution in [0.5, 0.6) is 0 Å². The van der Waals surface area contributed by atoms with Crippen LogP contribution in [0.2, 0.25) is 0 Å². The van der Waals surface area contributed by atoms with Gasteiger partial charge in [-0.1, -0.05) is 20.3 Å². The van der Waals surface area contributed by atoms with E-state index in [9.17, 15) is 18.0 Å². The number of esters is 1. The van der Waals surface area contributed by atoms with Gasteiger partial charge in [0, 0.05) is 12.6 Å². The normalized spacial score (nSPS) is 11.7. The van der Waals surface area contributed by atoms with Crippen LogP contribution in [0.15, 0.2) is 12.3 Å². The first-order valence-corrected chi connectivity index (χ1v) is 9.06. The number of nitrogens with zero attached hydrogens (tertiary/aromatic N) is 3. The van der Waals surface area contributed by atoms with Gasteiger partial charge in [-0.3, -0.25) is 4.57 Å². The summed E-state index contributed by atoms with van der Waals surface area (Å²) in [7, 11) is 0. The van der Waals surface area contributed by atoms with Crippen molar-refractivity contribution in [3.8, 4) is 5.82 Å². The molecule has 0 N–H and O–H groups in total. The molecule has 0 aliphatic carbocycles. The maximum Gasteiger partial charge on any atom is 0.417 e. The van der Waals surface area contributed by atoms with E-state index in [0.29, 0.717) is 29.9 Å². The minimum absolute atomic E-state index is 0.193. The van der Waals surface area contributed by atoms with Crippen LogP contribution in [0.3, 0.4) is 0 Å². The monoisotopic (exact) mass is 383 g/mol. The van der Waals surface area contributed by atoms with E-state index in [2.05, 4.69) is 9.97 Å². The van der Waals surface area contributed by atoms with Crippen molar-refractivity contribution in [1.82, 2.24) is 14.5 Å². The standard InChI is InChI=1S/C19H24F3N3O2/c1-5-8-14-16(18(26)27-7-3)25(15(24-14)9-6-2)17-12(4)10-13(11-23-17)19(20,21)22/h10-11H,5-9H2,1-4H3. The molecule has 0 saturated heterocycles. The third-order valence-electron chi connectivity index (χ3n) is 4.04. The summed E-state index contributed by atoms with van der Waals surface area (Å²) in [5, 5.41) is 0. The number of carbonyl (C=O) groups excluding carboxylic acids is 1. The van der Waals surface area contributed by atoms with Crippen LogP contribution in [0.25, 0.3) is 5.82 Å². The second-order valence-corrected chi connectivity index (χ2v) is 6.24. The van der Waals surface area contributed by atoms with Gasteiger partial charge in [0.05, 0.1) is 17.9 Å². The van der Waals surface area contributed by atoms with Gasteiger partial charge in [0.25, 0.3) is 0 Å². The van der Waals surface area contributed by atoms with Crippen LogP contribution in [-0.2, 0) is 23.8 Å². The van der Waals surface area contributed by atoms with E-state index in [1.165, 1.54) is 0 Å². The molecule has 0 aliphatic rings. The molecule has 0 radical (unpaired) electrons. The Morgan fingerprint density at radius 3 is 2.37 bits per heavy atom. The number of hydrogen-bond donors (Lipinski definition) is 0. The molecule has 2 rings (SSSR count). The highest BCUT2D eigenvalue weighted by atomic mass is 19.4. The van der Waals surface area contributed by atoms with Gasteiger partial charge in [0.15, 0.2) is 5.69 Å². The molecule has 0 aliphatic heterocycles. The van der Waals surface area contributed by atoms with Gasteiger partial charge < -0.3 is 4.74 Å². The molecule has 0 amide bonds. The highest BCUT2D eigenvalue weighted by Gasteiger charge is 2.32. The number of hydrogen-bond acceptors (Lipinski definition) is 4. The summed E-state index contributed by atoms with van der Waals surface area (Å²) in [6.45, 7) is 7.37. The van der Waals surface area contributed by atoms with Gasteiger partial charge >= 0.3 is 12.1 Å². The molecule has 0 atom stereocenters. The molecule has 8 heteroatoms. The van der Waals surface area contributed by atoms with E-state index in [1.807, 2.05) is 13.8 Å². The molecule has 2 heterocycles. The zero-order chi connectivity index (χ0) is 20.2. The topological polar surface area (TPSA) is 57.0 Å². The molecule has 2 aromatic rings. The predicted molar refractivity (Wildman–Crippen MR) is 95.0 cm³/mol. The van der Waals surface area contributed by atoms with Crippen LogP contribution in [0, 0.1) is 6.92 Å². The summed E-state index contributed by atoms with van der Waals surface area (Å²) in [5.74, 6) is 0.320. The van der Waals surface area contributed by atoms with E-state index in [4.69, 9.17) is 4.74 Å². The fourth-order valence-electron chi connectivity index (χ4n) is 2.91. The van der Waals surface area contributed by atoms with Crippen LogP contribution in [0.4, 0.5) is 13.2 Å². The van der Waals surface area contributed by atoms with E-state index in [1.54, 1.807) is 18.4 Å². The molecule has 0 saturated carbocycles. The first-order chi connectivity index (χ1) is 12.7. The molecular formula is C19H24F3N3O2. The Balaban J connectivity index is 2.71. The predicted octanol–water partition coefficient (Wildman–Crippen LogP) is 4.68. The van der Waals surface area contributed by atoms with Gasteiger partial charge in [0.2, 0.25) is 0 Å². The van der Waals surface area contributed by atoms with Crippen LogP contribution in [-0.4, -0.2) is 27.1 Å². The zero-order valence-corrected chi connectivity index (χ0v) is 16.0. The van der Waals surface area contributed by atoms with E-state index < -0.39 is 17.7 Å². The van der Waals surface area contributed by atoms with Crippen molar-refractivity contribution in [3.63, 3.8) is 0 Å². The van der Waals surface area contributed by atoms with Crippen molar-refractivity contribution in [3.05, 3.63) is 40.6 Å². The van der Waals surface area contributed by atoms with E-state index in [0.717, 1.165) is 25.1 Å². The Morgan fingerprint density at radius 2 is 1.85 bits per heavy atom. The number of alkyl halides is 3. The Hall–Kier alpha value is -2.38. The SMILES string of the molecule is CCCc1nc(CCC)n(-c2ncc(C(F)(F)F)cc2C)c1C(=O)OCC. The lowest BCUT2D eigenvalue weighted by Gasteiger charge is -2.15. The lowest BCUT2D eigenvalue weighted by Crippen LogP contribution is -2.17. The summed E-state index contributed by atoms with van der Waals surface area (Å²) < 4.78 is 45.7. The Bertz CT molecular complexity index is 813. The van der Waals surface area contributed by atoms with Crippen LogP contribution in [0.1, 0.15) is 66.7 Å². The fourth-order valence-corrected chi connectivity index (χ4v) is 2.91. The van der Waals surface area contributed by atoms with Gasteiger partial charge in [-0.25, -0.2) is 14.8 Å². The molecular weight excluding hydrogens is 359 g/mol.